The fourth-order valence-electron chi connectivity index (χ4n) is 5.71. The molecule has 0 bridgehead atoms. The lowest BCUT2D eigenvalue weighted by molar-refractivity contribution is -0.763. The van der Waals surface area contributed by atoms with Gasteiger partial charge in [0.1, 0.15) is 18.5 Å². The van der Waals surface area contributed by atoms with Gasteiger partial charge in [0.15, 0.2) is 0 Å². The number of nitrogens with zero attached hydrogens (tertiary/aromatic N) is 1. The second-order valence-corrected chi connectivity index (χ2v) is 11.2. The fraction of sp³-hybridized carbons (Fsp3) is 0.500. The number of ether oxygens (including phenoxy) is 3. The van der Waals surface area contributed by atoms with Crippen LogP contribution in [-0.4, -0.2) is 41.1 Å². The van der Waals surface area contributed by atoms with Crippen molar-refractivity contribution < 1.29 is 38.8 Å². The van der Waals surface area contributed by atoms with Crippen LogP contribution in [0.2, 0.25) is 0 Å². The molecule has 10 heteroatoms. The van der Waals surface area contributed by atoms with Crippen LogP contribution in [0.3, 0.4) is 0 Å². The van der Waals surface area contributed by atoms with Gasteiger partial charge in [-0.25, -0.2) is 0 Å². The van der Waals surface area contributed by atoms with Crippen molar-refractivity contribution in [2.24, 2.45) is 11.8 Å². The molecule has 0 aromatic heterocycles. The van der Waals surface area contributed by atoms with Gasteiger partial charge in [-0.2, -0.15) is 0 Å². The molecule has 1 aliphatic carbocycles. The minimum absolute atomic E-state index is 0.0282. The summed E-state index contributed by atoms with van der Waals surface area (Å²) in [5.74, 6) is 6.43. The van der Waals surface area contributed by atoms with Crippen molar-refractivity contribution in [1.29, 1.82) is 0 Å². The maximum absolute atomic E-state index is 12.2. The number of hydrogen-bond acceptors (Lipinski definition) is 9. The molecule has 1 aliphatic heterocycles. The van der Waals surface area contributed by atoms with E-state index in [1.165, 1.54) is 5.56 Å². The first kappa shape index (κ1) is 36.1. The summed E-state index contributed by atoms with van der Waals surface area (Å²) in [6.07, 6.45) is 7.62. The van der Waals surface area contributed by atoms with Crippen LogP contribution in [0.25, 0.3) is 0 Å². The molecule has 2 aromatic rings. The highest BCUT2D eigenvalue weighted by Gasteiger charge is 2.44. The van der Waals surface area contributed by atoms with Crippen molar-refractivity contribution in [3.8, 4) is 17.6 Å². The number of hydrogen-bond donors (Lipinski definition) is 1. The zero-order valence-corrected chi connectivity index (χ0v) is 27.1. The van der Waals surface area contributed by atoms with Crippen molar-refractivity contribution in [3.63, 3.8) is 0 Å². The molecule has 5 atom stereocenters. The number of aryl methyl sites for hydroxylation is 1. The van der Waals surface area contributed by atoms with Gasteiger partial charge in [-0.15, -0.1) is 22.0 Å². The first-order valence-electron chi connectivity index (χ1n) is 16.0. The van der Waals surface area contributed by atoms with Crippen LogP contribution in [0.5, 0.6) is 5.75 Å². The van der Waals surface area contributed by atoms with Gasteiger partial charge < -0.3 is 24.2 Å². The van der Waals surface area contributed by atoms with Crippen LogP contribution < -0.4 is 4.74 Å². The Labute approximate surface area is 271 Å². The van der Waals surface area contributed by atoms with Gasteiger partial charge in [-0.1, -0.05) is 75.4 Å². The highest BCUT2D eigenvalue weighted by molar-refractivity contribution is 5.73. The Bertz CT molecular complexity index is 1390. The van der Waals surface area contributed by atoms with E-state index in [4.69, 9.17) is 14.2 Å². The van der Waals surface area contributed by atoms with E-state index < -0.39 is 29.9 Å². The molecular formula is C36H45NO9. The highest BCUT2D eigenvalue weighted by atomic mass is 16.9. The van der Waals surface area contributed by atoms with Crippen molar-refractivity contribution in [3.05, 3.63) is 87.0 Å². The Balaban J connectivity index is 0.00000282. The molecule has 10 nitrogen and oxygen atoms in total. The van der Waals surface area contributed by atoms with E-state index in [2.05, 4.69) is 28.8 Å². The second kappa shape index (κ2) is 18.6. The van der Waals surface area contributed by atoms with E-state index in [0.29, 0.717) is 36.3 Å². The Hall–Kier alpha value is -4.36. The highest BCUT2D eigenvalue weighted by Crippen LogP contribution is 2.52. The standard InChI is InChI=1S/C34H39NO9.C2H6/c1-3-4-7-23(2)29(36)18-16-26-17-19-30-33(26)28-10-5-8-27(34(28)44-30)9-6-11-31(37)41-22-42-32(38)20-24-12-14-25(15-13-24)21-43-35(39)40;1-2/h5,8,10,12-16,18,23,26,29-30,33,36H,6-7,9,11,17,19-22H2,1-2H3;1-2H3/b18-16+;. The zero-order valence-electron chi connectivity index (χ0n) is 27.1. The van der Waals surface area contributed by atoms with Gasteiger partial charge in [0.05, 0.1) is 12.5 Å². The molecule has 0 saturated heterocycles. The first-order valence-corrected chi connectivity index (χ1v) is 16.0. The predicted octanol–water partition coefficient (Wildman–Crippen LogP) is 6.25. The van der Waals surface area contributed by atoms with Crippen LogP contribution >= 0.6 is 0 Å². The normalized spacial score (nSPS) is 18.8. The van der Waals surface area contributed by atoms with E-state index >= 15 is 0 Å². The quantitative estimate of drug-likeness (QED) is 0.0602. The summed E-state index contributed by atoms with van der Waals surface area (Å²) >= 11 is 0. The number of aliphatic hydroxyl groups is 1. The molecule has 4 rings (SSSR count). The van der Waals surface area contributed by atoms with Crippen molar-refractivity contribution in [2.75, 3.05) is 6.79 Å². The summed E-state index contributed by atoms with van der Waals surface area (Å²) in [7, 11) is 0. The number of esters is 2. The fourth-order valence-corrected chi connectivity index (χ4v) is 5.71. The van der Waals surface area contributed by atoms with Crippen molar-refractivity contribution >= 4 is 11.9 Å². The molecule has 1 saturated carbocycles. The van der Waals surface area contributed by atoms with E-state index in [-0.39, 0.29) is 37.4 Å². The first-order chi connectivity index (χ1) is 22.2. The summed E-state index contributed by atoms with van der Waals surface area (Å²) in [5.41, 5.74) is 3.49. The summed E-state index contributed by atoms with van der Waals surface area (Å²) < 4.78 is 16.5. The maximum atomic E-state index is 12.2. The minimum atomic E-state index is -0.867. The third kappa shape index (κ3) is 10.6. The van der Waals surface area contributed by atoms with E-state index in [0.717, 1.165) is 24.2 Å². The smallest absolute Gasteiger partial charge is 0.313 e. The molecule has 5 unspecified atom stereocenters. The van der Waals surface area contributed by atoms with Crippen LogP contribution in [0, 0.1) is 33.8 Å². The molecule has 0 radical (unpaired) electrons. The summed E-state index contributed by atoms with van der Waals surface area (Å²) in [6.45, 7) is 7.17. The summed E-state index contributed by atoms with van der Waals surface area (Å²) in [5, 5.41) is 20.0. The van der Waals surface area contributed by atoms with Gasteiger partial charge in [0.2, 0.25) is 6.79 Å². The van der Waals surface area contributed by atoms with Crippen LogP contribution in [0.4, 0.5) is 0 Å². The maximum Gasteiger partial charge on any atom is 0.313 e. The van der Waals surface area contributed by atoms with Gasteiger partial charge in [0.25, 0.3) is 5.09 Å². The molecule has 2 aliphatic rings. The third-order valence-electron chi connectivity index (χ3n) is 8.12. The number of allylic oxidation sites excluding steroid dienone is 1. The number of para-hydroxylation sites is 1. The lowest BCUT2D eigenvalue weighted by Crippen LogP contribution is -2.17. The Morgan fingerprint density at radius 3 is 2.54 bits per heavy atom. The van der Waals surface area contributed by atoms with E-state index in [1.807, 2.05) is 39.0 Å². The van der Waals surface area contributed by atoms with Gasteiger partial charge >= 0.3 is 11.9 Å². The minimum Gasteiger partial charge on any atom is -0.489 e. The Kier molecular flexibility index (Phi) is 14.6. The Morgan fingerprint density at radius 2 is 1.83 bits per heavy atom. The molecule has 0 spiro atoms. The molecule has 2 aromatic carbocycles. The number of carbonyl (C=O) groups is 2. The van der Waals surface area contributed by atoms with Crippen LogP contribution in [0.15, 0.2) is 54.6 Å². The lowest BCUT2D eigenvalue weighted by atomic mass is 9.86. The second-order valence-electron chi connectivity index (χ2n) is 11.2. The predicted molar refractivity (Wildman–Crippen MR) is 172 cm³/mol. The number of fused-ring (bicyclic) bond motifs is 3. The van der Waals surface area contributed by atoms with Crippen molar-refractivity contribution in [1.82, 2.24) is 0 Å². The SMILES string of the molecule is CC.CC#CCC(C)C(O)/C=C/C1CCC2Oc3c(CCCC(=O)OCOC(=O)Cc4ccc(CO[N+](=O)[O-])cc4)cccc3C12. The van der Waals surface area contributed by atoms with Gasteiger partial charge in [0, 0.05) is 24.3 Å². The number of carbonyl (C=O) groups excluding carboxylic acids is 2. The van der Waals surface area contributed by atoms with E-state index in [1.54, 1.807) is 31.2 Å². The van der Waals surface area contributed by atoms with Crippen molar-refractivity contribution in [2.45, 2.75) is 97.4 Å². The topological polar surface area (TPSA) is 134 Å². The van der Waals surface area contributed by atoms with Crippen LogP contribution in [0.1, 0.15) is 88.0 Å². The number of rotatable bonds is 15. The molecule has 46 heavy (non-hydrogen) atoms. The largest absolute Gasteiger partial charge is 0.489 e. The summed E-state index contributed by atoms with van der Waals surface area (Å²) in [6, 6.07) is 12.7. The molecule has 1 heterocycles. The molecule has 1 fully saturated rings. The lowest BCUT2D eigenvalue weighted by Gasteiger charge is -2.17. The molecule has 0 amide bonds. The van der Waals surface area contributed by atoms with Gasteiger partial charge in [-0.05, 0) is 61.1 Å². The Morgan fingerprint density at radius 1 is 1.11 bits per heavy atom. The molecule has 1 N–H and O–H groups in total. The monoisotopic (exact) mass is 635 g/mol. The summed E-state index contributed by atoms with van der Waals surface area (Å²) in [4.78, 5) is 38.9. The van der Waals surface area contributed by atoms with E-state index in [9.17, 15) is 24.8 Å². The average molecular weight is 636 g/mol. The number of benzene rings is 2. The molecular weight excluding hydrogens is 590 g/mol. The zero-order chi connectivity index (χ0) is 33.5. The van der Waals surface area contributed by atoms with Crippen LogP contribution in [-0.2, 0) is 43.3 Å². The molecule has 248 valence electrons. The van der Waals surface area contributed by atoms with Gasteiger partial charge in [-0.3, -0.25) is 9.59 Å². The number of aliphatic hydroxyl groups excluding tert-OH is 1. The third-order valence-corrected chi connectivity index (χ3v) is 8.12. The average Bonchev–Trinajstić information content (AvgIpc) is 3.63.